The molecule has 0 fully saturated rings. The van der Waals surface area contributed by atoms with E-state index in [1.54, 1.807) is 0 Å². The number of amides is 1. The van der Waals surface area contributed by atoms with Gasteiger partial charge in [-0.3, -0.25) is 4.79 Å². The molecule has 0 radical (unpaired) electrons. The van der Waals surface area contributed by atoms with Crippen molar-refractivity contribution in [3.8, 4) is 0 Å². The van der Waals surface area contributed by atoms with E-state index >= 15 is 0 Å². The number of fused-ring (bicyclic) bond motifs is 1. The van der Waals surface area contributed by atoms with E-state index in [4.69, 9.17) is 0 Å². The summed E-state index contributed by atoms with van der Waals surface area (Å²) in [5.74, 6) is 0.469. The zero-order valence-electron chi connectivity index (χ0n) is 9.31. The Balaban J connectivity index is 2.42. The van der Waals surface area contributed by atoms with E-state index in [0.29, 0.717) is 5.92 Å². The average molecular weight is 203 g/mol. The van der Waals surface area contributed by atoms with E-state index in [1.165, 1.54) is 11.1 Å². The van der Waals surface area contributed by atoms with Crippen LogP contribution in [0.25, 0.3) is 0 Å². The summed E-state index contributed by atoms with van der Waals surface area (Å²) in [5, 5.41) is 0. The van der Waals surface area contributed by atoms with Gasteiger partial charge in [-0.05, 0) is 23.5 Å². The lowest BCUT2D eigenvalue weighted by molar-refractivity contribution is -0.121. The monoisotopic (exact) mass is 203 g/mol. The molecule has 1 aliphatic rings. The van der Waals surface area contributed by atoms with Gasteiger partial charge in [0.2, 0.25) is 6.41 Å². The highest BCUT2D eigenvalue weighted by molar-refractivity contribution is 5.51. The van der Waals surface area contributed by atoms with Crippen LogP contribution in [0.3, 0.4) is 0 Å². The normalized spacial score (nSPS) is 20.2. The number of carbonyl (C=O) groups is 1. The number of benzene rings is 1. The Labute approximate surface area is 90.9 Å². The predicted octanol–water partition coefficient (Wildman–Crippen LogP) is 2.40. The summed E-state index contributed by atoms with van der Waals surface area (Å²) < 4.78 is 0. The molecule has 0 aromatic heterocycles. The molecule has 0 N–H and O–H groups in total. The van der Waals surface area contributed by atoms with Crippen molar-refractivity contribution in [3.63, 3.8) is 0 Å². The molecule has 1 heterocycles. The highest BCUT2D eigenvalue weighted by Gasteiger charge is 2.28. The van der Waals surface area contributed by atoms with Gasteiger partial charge in [0, 0.05) is 6.54 Å². The molecule has 1 aromatic carbocycles. The SMILES string of the molecule is CC(C)C1c2ccccc2CCN1C=O. The van der Waals surface area contributed by atoms with Crippen molar-refractivity contribution in [2.24, 2.45) is 5.92 Å². The fraction of sp³-hybridized carbons (Fsp3) is 0.462. The van der Waals surface area contributed by atoms with Crippen molar-refractivity contribution in [2.45, 2.75) is 26.3 Å². The molecule has 0 aliphatic carbocycles. The molecule has 1 atom stereocenters. The fourth-order valence-corrected chi connectivity index (χ4v) is 2.48. The van der Waals surface area contributed by atoms with Gasteiger partial charge >= 0.3 is 0 Å². The third-order valence-corrected chi connectivity index (χ3v) is 3.14. The molecule has 2 nitrogen and oxygen atoms in total. The van der Waals surface area contributed by atoms with E-state index in [9.17, 15) is 4.79 Å². The maximum absolute atomic E-state index is 11.0. The van der Waals surface area contributed by atoms with Crippen LogP contribution in [0, 0.1) is 5.92 Å². The third-order valence-electron chi connectivity index (χ3n) is 3.14. The van der Waals surface area contributed by atoms with Crippen LogP contribution in [0.2, 0.25) is 0 Å². The smallest absolute Gasteiger partial charge is 0.210 e. The van der Waals surface area contributed by atoms with Crippen LogP contribution in [0.5, 0.6) is 0 Å². The molecule has 1 unspecified atom stereocenters. The van der Waals surface area contributed by atoms with Crippen LogP contribution >= 0.6 is 0 Å². The number of carbonyl (C=O) groups excluding carboxylic acids is 1. The second-order valence-electron chi connectivity index (χ2n) is 4.48. The zero-order chi connectivity index (χ0) is 10.8. The molecular weight excluding hydrogens is 186 g/mol. The first-order valence-corrected chi connectivity index (χ1v) is 5.53. The number of hydrogen-bond acceptors (Lipinski definition) is 1. The lowest BCUT2D eigenvalue weighted by atomic mass is 9.87. The van der Waals surface area contributed by atoms with Gasteiger partial charge in [-0.15, -0.1) is 0 Å². The molecule has 0 bridgehead atoms. The fourth-order valence-electron chi connectivity index (χ4n) is 2.48. The number of hydrogen-bond donors (Lipinski definition) is 0. The van der Waals surface area contributed by atoms with E-state index in [-0.39, 0.29) is 6.04 Å². The van der Waals surface area contributed by atoms with Gasteiger partial charge in [-0.25, -0.2) is 0 Å². The molecule has 15 heavy (non-hydrogen) atoms. The van der Waals surface area contributed by atoms with Crippen molar-refractivity contribution < 1.29 is 4.79 Å². The molecule has 0 saturated heterocycles. The van der Waals surface area contributed by atoms with Crippen molar-refractivity contribution in [2.75, 3.05) is 6.54 Å². The lowest BCUT2D eigenvalue weighted by Gasteiger charge is -2.37. The average Bonchev–Trinajstić information content (AvgIpc) is 2.27. The summed E-state index contributed by atoms with van der Waals surface area (Å²) in [6.45, 7) is 5.19. The maximum atomic E-state index is 11.0. The standard InChI is InChI=1S/C13H17NO/c1-10(2)13-12-6-4-3-5-11(12)7-8-14(13)9-15/h3-6,9-10,13H,7-8H2,1-2H3. The van der Waals surface area contributed by atoms with E-state index < -0.39 is 0 Å². The Hall–Kier alpha value is -1.31. The maximum Gasteiger partial charge on any atom is 0.210 e. The molecule has 1 aromatic rings. The van der Waals surface area contributed by atoms with E-state index in [1.807, 2.05) is 4.90 Å². The van der Waals surface area contributed by atoms with Crippen molar-refractivity contribution in [1.82, 2.24) is 4.90 Å². The Morgan fingerprint density at radius 1 is 1.40 bits per heavy atom. The van der Waals surface area contributed by atoms with Crippen LogP contribution in [-0.2, 0) is 11.2 Å². The van der Waals surface area contributed by atoms with Gasteiger partial charge in [0.15, 0.2) is 0 Å². The van der Waals surface area contributed by atoms with Crippen LogP contribution in [0.1, 0.15) is 31.0 Å². The minimum atomic E-state index is 0.257. The van der Waals surface area contributed by atoms with E-state index in [0.717, 1.165) is 19.4 Å². The summed E-state index contributed by atoms with van der Waals surface area (Å²) in [6.07, 6.45) is 1.97. The highest BCUT2D eigenvalue weighted by atomic mass is 16.1. The predicted molar refractivity (Wildman–Crippen MR) is 60.5 cm³/mol. The quantitative estimate of drug-likeness (QED) is 0.676. The first-order valence-electron chi connectivity index (χ1n) is 5.53. The van der Waals surface area contributed by atoms with Gasteiger partial charge in [0.25, 0.3) is 0 Å². The summed E-state index contributed by atoms with van der Waals surface area (Å²) in [7, 11) is 0. The van der Waals surface area contributed by atoms with Gasteiger partial charge in [-0.2, -0.15) is 0 Å². The summed E-state index contributed by atoms with van der Waals surface area (Å²) in [6, 6.07) is 8.71. The van der Waals surface area contributed by atoms with Crippen molar-refractivity contribution in [1.29, 1.82) is 0 Å². The summed E-state index contributed by atoms with van der Waals surface area (Å²) in [5.41, 5.74) is 2.72. The summed E-state index contributed by atoms with van der Waals surface area (Å²) >= 11 is 0. The Morgan fingerprint density at radius 2 is 2.13 bits per heavy atom. The van der Waals surface area contributed by atoms with E-state index in [2.05, 4.69) is 38.1 Å². The van der Waals surface area contributed by atoms with Gasteiger partial charge in [0.05, 0.1) is 6.04 Å². The topological polar surface area (TPSA) is 20.3 Å². The Bertz CT molecular complexity index is 359. The van der Waals surface area contributed by atoms with Crippen LogP contribution in [0.15, 0.2) is 24.3 Å². The second kappa shape index (κ2) is 4.05. The molecule has 0 saturated carbocycles. The van der Waals surface area contributed by atoms with Crippen LogP contribution in [0.4, 0.5) is 0 Å². The molecule has 0 spiro atoms. The van der Waals surface area contributed by atoms with Crippen molar-refractivity contribution >= 4 is 6.41 Å². The molecule has 1 aliphatic heterocycles. The van der Waals surface area contributed by atoms with Gasteiger partial charge < -0.3 is 4.90 Å². The highest BCUT2D eigenvalue weighted by Crippen LogP contribution is 2.33. The molecule has 1 amide bonds. The minimum Gasteiger partial charge on any atom is -0.338 e. The molecular formula is C13H17NO. The first kappa shape index (κ1) is 10.2. The third kappa shape index (κ3) is 1.76. The van der Waals surface area contributed by atoms with Gasteiger partial charge in [0.1, 0.15) is 0 Å². The zero-order valence-corrected chi connectivity index (χ0v) is 9.31. The first-order chi connectivity index (χ1) is 7.24. The molecule has 2 rings (SSSR count). The molecule has 80 valence electrons. The largest absolute Gasteiger partial charge is 0.338 e. The number of rotatable bonds is 2. The number of nitrogens with zero attached hydrogens (tertiary/aromatic N) is 1. The minimum absolute atomic E-state index is 0.257. The molecule has 2 heteroatoms. The lowest BCUT2D eigenvalue weighted by Crippen LogP contribution is -2.37. The van der Waals surface area contributed by atoms with Gasteiger partial charge in [-0.1, -0.05) is 38.1 Å². The second-order valence-corrected chi connectivity index (χ2v) is 4.48. The Morgan fingerprint density at radius 3 is 2.80 bits per heavy atom. The summed E-state index contributed by atoms with van der Waals surface area (Å²) in [4.78, 5) is 12.9. The Kier molecular flexibility index (Phi) is 2.76. The van der Waals surface area contributed by atoms with Crippen LogP contribution < -0.4 is 0 Å². The van der Waals surface area contributed by atoms with Crippen molar-refractivity contribution in [3.05, 3.63) is 35.4 Å². The van der Waals surface area contributed by atoms with Crippen LogP contribution in [-0.4, -0.2) is 17.9 Å².